The van der Waals surface area contributed by atoms with Crippen molar-refractivity contribution in [2.45, 2.75) is 25.7 Å². The third-order valence-corrected chi connectivity index (χ3v) is 2.82. The number of nitrogens with one attached hydrogen (secondary N) is 1. The maximum Gasteiger partial charge on any atom is 0.223 e. The molecule has 0 aliphatic carbocycles. The van der Waals surface area contributed by atoms with Crippen LogP contribution in [0.25, 0.3) is 0 Å². The number of hydrogen-bond donors (Lipinski definition) is 1. The van der Waals surface area contributed by atoms with Gasteiger partial charge in [-0.25, -0.2) is 0 Å². The van der Waals surface area contributed by atoms with Crippen molar-refractivity contribution in [2.24, 2.45) is 0 Å². The number of nitrogens with zero attached hydrogens (tertiary/aromatic N) is 1. The summed E-state index contributed by atoms with van der Waals surface area (Å²) in [6.07, 6.45) is 4.19. The van der Waals surface area contributed by atoms with Gasteiger partial charge in [0.15, 0.2) is 0 Å². The van der Waals surface area contributed by atoms with Gasteiger partial charge in [-0.3, -0.25) is 4.79 Å². The minimum absolute atomic E-state index is 0.280. The molecule has 0 unspecified atom stereocenters. The number of rotatable bonds is 5. The SMILES string of the molecule is C=C(Br)CNCCC(=O)N1CCCCC1. The monoisotopic (exact) mass is 274 g/mol. The van der Waals surface area contributed by atoms with Gasteiger partial charge in [0.2, 0.25) is 5.91 Å². The second-order valence-corrected chi connectivity index (χ2v) is 5.01. The summed E-state index contributed by atoms with van der Waals surface area (Å²) >= 11 is 3.27. The van der Waals surface area contributed by atoms with E-state index in [-0.39, 0.29) is 5.91 Å². The quantitative estimate of drug-likeness (QED) is 0.777. The smallest absolute Gasteiger partial charge is 0.223 e. The summed E-state index contributed by atoms with van der Waals surface area (Å²) in [4.78, 5) is 13.7. The molecule has 0 bridgehead atoms. The molecule has 1 saturated heterocycles. The summed E-state index contributed by atoms with van der Waals surface area (Å²) in [6, 6.07) is 0. The first-order chi connectivity index (χ1) is 7.20. The minimum Gasteiger partial charge on any atom is -0.343 e. The molecule has 3 nitrogen and oxygen atoms in total. The molecule has 0 radical (unpaired) electrons. The Morgan fingerprint density at radius 2 is 2.00 bits per heavy atom. The van der Waals surface area contributed by atoms with Crippen LogP contribution >= 0.6 is 15.9 Å². The Labute approximate surface area is 100 Å². The molecular weight excluding hydrogens is 256 g/mol. The third kappa shape index (κ3) is 5.33. The molecule has 1 heterocycles. The summed E-state index contributed by atoms with van der Waals surface area (Å²) < 4.78 is 0.924. The van der Waals surface area contributed by atoms with Crippen molar-refractivity contribution in [1.82, 2.24) is 10.2 Å². The van der Waals surface area contributed by atoms with E-state index in [1.54, 1.807) is 0 Å². The predicted octanol–water partition coefficient (Wildman–Crippen LogP) is 1.89. The molecule has 0 spiro atoms. The summed E-state index contributed by atoms with van der Waals surface area (Å²) in [7, 11) is 0. The molecule has 0 atom stereocenters. The Hall–Kier alpha value is -0.350. The number of carbonyl (C=O) groups is 1. The largest absolute Gasteiger partial charge is 0.343 e. The first-order valence-corrected chi connectivity index (χ1v) is 6.31. The van der Waals surface area contributed by atoms with E-state index in [1.807, 2.05) is 4.90 Å². The van der Waals surface area contributed by atoms with Crippen molar-refractivity contribution in [3.05, 3.63) is 11.1 Å². The highest BCUT2D eigenvalue weighted by atomic mass is 79.9. The van der Waals surface area contributed by atoms with Crippen LogP contribution in [0, 0.1) is 0 Å². The van der Waals surface area contributed by atoms with Gasteiger partial charge >= 0.3 is 0 Å². The van der Waals surface area contributed by atoms with E-state index >= 15 is 0 Å². The van der Waals surface area contributed by atoms with Crippen LogP contribution in [-0.4, -0.2) is 37.0 Å². The maximum absolute atomic E-state index is 11.7. The van der Waals surface area contributed by atoms with E-state index in [0.29, 0.717) is 6.42 Å². The molecule has 86 valence electrons. The number of halogens is 1. The highest BCUT2D eigenvalue weighted by Crippen LogP contribution is 2.09. The van der Waals surface area contributed by atoms with Crippen LogP contribution in [-0.2, 0) is 4.79 Å². The van der Waals surface area contributed by atoms with E-state index in [9.17, 15) is 4.79 Å². The summed E-state index contributed by atoms with van der Waals surface area (Å²) in [5.74, 6) is 0.280. The zero-order chi connectivity index (χ0) is 11.1. The molecule has 1 rings (SSSR count). The lowest BCUT2D eigenvalue weighted by atomic mass is 10.1. The van der Waals surface area contributed by atoms with Crippen molar-refractivity contribution in [3.63, 3.8) is 0 Å². The zero-order valence-corrected chi connectivity index (χ0v) is 10.7. The fourth-order valence-corrected chi connectivity index (χ4v) is 1.92. The molecule has 0 aromatic rings. The van der Waals surface area contributed by atoms with Gasteiger partial charge in [-0.15, -0.1) is 0 Å². The number of piperidine rings is 1. The van der Waals surface area contributed by atoms with Crippen LogP contribution in [0.2, 0.25) is 0 Å². The Morgan fingerprint density at radius 1 is 1.33 bits per heavy atom. The second kappa shape index (κ2) is 7.01. The van der Waals surface area contributed by atoms with E-state index in [4.69, 9.17) is 0 Å². The van der Waals surface area contributed by atoms with Crippen molar-refractivity contribution >= 4 is 21.8 Å². The van der Waals surface area contributed by atoms with Crippen molar-refractivity contribution < 1.29 is 4.79 Å². The topological polar surface area (TPSA) is 32.3 Å². The lowest BCUT2D eigenvalue weighted by Crippen LogP contribution is -2.37. The molecule has 1 amide bonds. The Kier molecular flexibility index (Phi) is 5.95. The van der Waals surface area contributed by atoms with Gasteiger partial charge < -0.3 is 10.2 Å². The minimum atomic E-state index is 0.280. The molecule has 15 heavy (non-hydrogen) atoms. The summed E-state index contributed by atoms with van der Waals surface area (Å²) in [6.45, 7) is 7.08. The van der Waals surface area contributed by atoms with E-state index in [0.717, 1.165) is 43.5 Å². The van der Waals surface area contributed by atoms with Gasteiger partial charge in [-0.1, -0.05) is 22.5 Å². The van der Waals surface area contributed by atoms with Gasteiger partial charge in [0, 0.05) is 37.1 Å². The molecule has 1 N–H and O–H groups in total. The first kappa shape index (κ1) is 12.7. The molecular formula is C11H19BrN2O. The highest BCUT2D eigenvalue weighted by Gasteiger charge is 2.15. The predicted molar refractivity (Wildman–Crippen MR) is 66.0 cm³/mol. The Balaban J connectivity index is 2.09. The number of carbonyl (C=O) groups excluding carboxylic acids is 1. The van der Waals surface area contributed by atoms with Crippen LogP contribution < -0.4 is 5.32 Å². The average Bonchev–Trinajstić information content (AvgIpc) is 2.25. The van der Waals surface area contributed by atoms with Crippen molar-refractivity contribution in [1.29, 1.82) is 0 Å². The molecule has 1 fully saturated rings. The second-order valence-electron chi connectivity index (χ2n) is 3.89. The molecule has 0 aromatic heterocycles. The fraction of sp³-hybridized carbons (Fsp3) is 0.727. The van der Waals surface area contributed by atoms with Crippen molar-refractivity contribution in [2.75, 3.05) is 26.2 Å². The summed E-state index contributed by atoms with van der Waals surface area (Å²) in [5, 5.41) is 3.16. The molecule has 1 aliphatic heterocycles. The average molecular weight is 275 g/mol. The normalized spacial score (nSPS) is 16.5. The lowest BCUT2D eigenvalue weighted by Gasteiger charge is -2.26. The highest BCUT2D eigenvalue weighted by molar-refractivity contribution is 9.11. The maximum atomic E-state index is 11.7. The summed E-state index contributed by atoms with van der Waals surface area (Å²) in [5.41, 5.74) is 0. The number of amides is 1. The van der Waals surface area contributed by atoms with E-state index in [1.165, 1.54) is 6.42 Å². The van der Waals surface area contributed by atoms with Crippen LogP contribution in [0.15, 0.2) is 11.1 Å². The standard InChI is InChI=1S/C11H19BrN2O/c1-10(12)9-13-6-5-11(15)14-7-3-2-4-8-14/h13H,1-9H2. The Bertz CT molecular complexity index is 225. The van der Waals surface area contributed by atoms with Gasteiger partial charge in [0.25, 0.3) is 0 Å². The van der Waals surface area contributed by atoms with E-state index < -0.39 is 0 Å². The van der Waals surface area contributed by atoms with Gasteiger partial charge in [-0.2, -0.15) is 0 Å². The zero-order valence-electron chi connectivity index (χ0n) is 9.10. The fourth-order valence-electron chi connectivity index (χ4n) is 1.72. The van der Waals surface area contributed by atoms with Gasteiger partial charge in [-0.05, 0) is 19.3 Å². The molecule has 0 aromatic carbocycles. The molecule has 4 heteroatoms. The Morgan fingerprint density at radius 3 is 2.60 bits per heavy atom. The first-order valence-electron chi connectivity index (χ1n) is 5.52. The number of hydrogen-bond acceptors (Lipinski definition) is 2. The lowest BCUT2D eigenvalue weighted by molar-refractivity contribution is -0.131. The van der Waals surface area contributed by atoms with Crippen LogP contribution in [0.3, 0.4) is 0 Å². The molecule has 1 aliphatic rings. The van der Waals surface area contributed by atoms with Crippen LogP contribution in [0.1, 0.15) is 25.7 Å². The molecule has 0 saturated carbocycles. The van der Waals surface area contributed by atoms with Crippen LogP contribution in [0.5, 0.6) is 0 Å². The van der Waals surface area contributed by atoms with Gasteiger partial charge in [0.05, 0.1) is 0 Å². The van der Waals surface area contributed by atoms with E-state index in [2.05, 4.69) is 27.8 Å². The van der Waals surface area contributed by atoms with Gasteiger partial charge in [0.1, 0.15) is 0 Å². The number of likely N-dealkylation sites (tertiary alicyclic amines) is 1. The third-order valence-electron chi connectivity index (χ3n) is 2.54. The van der Waals surface area contributed by atoms with Crippen molar-refractivity contribution in [3.8, 4) is 0 Å². The van der Waals surface area contributed by atoms with Crippen LogP contribution in [0.4, 0.5) is 0 Å².